The van der Waals surface area contributed by atoms with Gasteiger partial charge in [0.15, 0.2) is 5.76 Å². The van der Waals surface area contributed by atoms with Crippen LogP contribution in [-0.2, 0) is 0 Å². The van der Waals surface area contributed by atoms with E-state index >= 15 is 0 Å². The van der Waals surface area contributed by atoms with Gasteiger partial charge in [0.1, 0.15) is 17.3 Å². The molecule has 0 atom stereocenters. The highest BCUT2D eigenvalue weighted by Gasteiger charge is 2.14. The molecule has 0 aliphatic rings. The maximum absolute atomic E-state index is 12.2. The van der Waals surface area contributed by atoms with Crippen LogP contribution < -0.4 is 5.43 Å². The highest BCUT2D eigenvalue weighted by Crippen LogP contribution is 2.26. The standard InChI is InChI=1S/C22H15N3O5/c26-22(21-12-11-20(30-21)16-7-4-8-17(13-16)25(27)28)24-23-14-18-9-10-19(29-18)15-5-2-1-3-6-15/h1-14H,(H,24,26)/b23-14-. The molecule has 0 saturated heterocycles. The summed E-state index contributed by atoms with van der Waals surface area (Å²) in [5, 5.41) is 14.8. The normalized spacial score (nSPS) is 10.9. The van der Waals surface area contributed by atoms with Crippen LogP contribution in [-0.4, -0.2) is 17.0 Å². The summed E-state index contributed by atoms with van der Waals surface area (Å²) in [5.41, 5.74) is 3.73. The lowest BCUT2D eigenvalue weighted by atomic mass is 10.1. The zero-order valence-corrected chi connectivity index (χ0v) is 15.5. The SMILES string of the molecule is O=C(N/N=C\c1ccc(-c2ccccc2)o1)c1ccc(-c2cccc([N+](=O)[O-])c2)o1. The summed E-state index contributed by atoms with van der Waals surface area (Å²) in [7, 11) is 0. The molecule has 30 heavy (non-hydrogen) atoms. The number of hydrazone groups is 1. The fourth-order valence-electron chi connectivity index (χ4n) is 2.78. The Morgan fingerprint density at radius 1 is 0.900 bits per heavy atom. The third-order valence-corrected chi connectivity index (χ3v) is 4.21. The van der Waals surface area contributed by atoms with E-state index in [9.17, 15) is 14.9 Å². The maximum atomic E-state index is 12.2. The van der Waals surface area contributed by atoms with E-state index in [1.807, 2.05) is 36.4 Å². The second kappa shape index (κ2) is 8.27. The minimum absolute atomic E-state index is 0.0260. The van der Waals surface area contributed by atoms with Crippen LogP contribution in [0.1, 0.15) is 16.3 Å². The van der Waals surface area contributed by atoms with E-state index in [2.05, 4.69) is 10.5 Å². The Kier molecular flexibility index (Phi) is 5.21. The molecule has 0 saturated carbocycles. The second-order valence-electron chi connectivity index (χ2n) is 6.24. The minimum Gasteiger partial charge on any atom is -0.455 e. The first-order chi connectivity index (χ1) is 14.6. The molecule has 0 radical (unpaired) electrons. The lowest BCUT2D eigenvalue weighted by Crippen LogP contribution is -2.16. The first-order valence-corrected chi connectivity index (χ1v) is 8.93. The van der Waals surface area contributed by atoms with E-state index in [1.54, 1.807) is 24.3 Å². The summed E-state index contributed by atoms with van der Waals surface area (Å²) in [4.78, 5) is 22.6. The quantitative estimate of drug-likeness (QED) is 0.281. The summed E-state index contributed by atoms with van der Waals surface area (Å²) in [6.45, 7) is 0. The van der Waals surface area contributed by atoms with Gasteiger partial charge in [0.05, 0.1) is 11.1 Å². The molecule has 148 valence electrons. The predicted molar refractivity (Wildman–Crippen MR) is 110 cm³/mol. The van der Waals surface area contributed by atoms with Crippen molar-refractivity contribution in [3.63, 3.8) is 0 Å². The Balaban J connectivity index is 1.41. The number of nitrogens with one attached hydrogen (secondary N) is 1. The fourth-order valence-corrected chi connectivity index (χ4v) is 2.78. The van der Waals surface area contributed by atoms with E-state index < -0.39 is 10.8 Å². The van der Waals surface area contributed by atoms with Gasteiger partial charge in [-0.3, -0.25) is 14.9 Å². The van der Waals surface area contributed by atoms with Gasteiger partial charge in [-0.1, -0.05) is 42.5 Å². The monoisotopic (exact) mass is 401 g/mol. The van der Waals surface area contributed by atoms with Gasteiger partial charge in [-0.05, 0) is 24.3 Å². The average molecular weight is 401 g/mol. The van der Waals surface area contributed by atoms with Gasteiger partial charge in [0, 0.05) is 23.3 Å². The largest absolute Gasteiger partial charge is 0.455 e. The number of benzene rings is 2. The van der Waals surface area contributed by atoms with Crippen molar-refractivity contribution in [3.8, 4) is 22.6 Å². The van der Waals surface area contributed by atoms with Gasteiger partial charge in [-0.15, -0.1) is 0 Å². The molecule has 1 N–H and O–H groups in total. The van der Waals surface area contributed by atoms with Crippen molar-refractivity contribution >= 4 is 17.8 Å². The lowest BCUT2D eigenvalue weighted by Gasteiger charge is -1.98. The van der Waals surface area contributed by atoms with Gasteiger partial charge >= 0.3 is 5.91 Å². The zero-order chi connectivity index (χ0) is 20.9. The van der Waals surface area contributed by atoms with Crippen LogP contribution in [0.2, 0.25) is 0 Å². The highest BCUT2D eigenvalue weighted by molar-refractivity contribution is 5.92. The van der Waals surface area contributed by atoms with Crippen LogP contribution in [0.3, 0.4) is 0 Å². The number of furan rings is 2. The Morgan fingerprint density at radius 3 is 2.43 bits per heavy atom. The molecular formula is C22H15N3O5. The van der Waals surface area contributed by atoms with Crippen LogP contribution in [0.4, 0.5) is 5.69 Å². The summed E-state index contributed by atoms with van der Waals surface area (Å²) in [6.07, 6.45) is 1.38. The third kappa shape index (κ3) is 4.17. The van der Waals surface area contributed by atoms with Crippen molar-refractivity contribution in [2.45, 2.75) is 0 Å². The number of amides is 1. The Hall–Kier alpha value is -4.46. The number of hydrogen-bond donors (Lipinski definition) is 1. The molecule has 0 spiro atoms. The van der Waals surface area contributed by atoms with Gasteiger partial charge < -0.3 is 8.83 Å². The first-order valence-electron chi connectivity index (χ1n) is 8.93. The van der Waals surface area contributed by atoms with Gasteiger partial charge in [0.25, 0.3) is 5.69 Å². The smallest absolute Gasteiger partial charge is 0.307 e. The Morgan fingerprint density at radius 2 is 1.63 bits per heavy atom. The van der Waals surface area contributed by atoms with Crippen molar-refractivity contribution < 1.29 is 18.6 Å². The summed E-state index contributed by atoms with van der Waals surface area (Å²) in [5.74, 6) is 0.976. The van der Waals surface area contributed by atoms with Crippen LogP contribution in [0.15, 0.2) is 92.8 Å². The van der Waals surface area contributed by atoms with Crippen LogP contribution in [0.5, 0.6) is 0 Å². The van der Waals surface area contributed by atoms with Gasteiger partial charge in [-0.25, -0.2) is 5.43 Å². The number of rotatable bonds is 6. The fraction of sp³-hybridized carbons (Fsp3) is 0. The van der Waals surface area contributed by atoms with Crippen LogP contribution in [0, 0.1) is 10.1 Å². The molecule has 2 aromatic carbocycles. The number of nitro benzene ring substituents is 1. The summed E-state index contributed by atoms with van der Waals surface area (Å²) < 4.78 is 11.2. The minimum atomic E-state index is -0.558. The van der Waals surface area contributed by atoms with E-state index in [4.69, 9.17) is 8.83 Å². The molecular weight excluding hydrogens is 386 g/mol. The van der Waals surface area contributed by atoms with Crippen molar-refractivity contribution in [1.29, 1.82) is 0 Å². The Labute approximate surface area is 170 Å². The van der Waals surface area contributed by atoms with Crippen molar-refractivity contribution in [2.75, 3.05) is 0 Å². The third-order valence-electron chi connectivity index (χ3n) is 4.21. The molecule has 0 aliphatic carbocycles. The second-order valence-corrected chi connectivity index (χ2v) is 6.24. The van der Waals surface area contributed by atoms with Crippen molar-refractivity contribution in [1.82, 2.24) is 5.43 Å². The molecule has 1 amide bonds. The van der Waals surface area contributed by atoms with Gasteiger partial charge in [0.2, 0.25) is 0 Å². The molecule has 8 nitrogen and oxygen atoms in total. The van der Waals surface area contributed by atoms with E-state index in [0.717, 1.165) is 5.56 Å². The highest BCUT2D eigenvalue weighted by atomic mass is 16.6. The number of nitro groups is 1. The predicted octanol–water partition coefficient (Wildman–Crippen LogP) is 4.88. The molecule has 0 fully saturated rings. The molecule has 2 aromatic heterocycles. The van der Waals surface area contributed by atoms with Crippen LogP contribution >= 0.6 is 0 Å². The van der Waals surface area contributed by atoms with Crippen LogP contribution in [0.25, 0.3) is 22.6 Å². The number of carbonyl (C=O) groups excluding carboxylic acids is 1. The molecule has 4 aromatic rings. The molecule has 2 heterocycles. The topological polar surface area (TPSA) is 111 Å². The van der Waals surface area contributed by atoms with Gasteiger partial charge in [-0.2, -0.15) is 5.10 Å². The average Bonchev–Trinajstić information content (AvgIpc) is 3.45. The van der Waals surface area contributed by atoms with Crippen molar-refractivity contribution in [2.24, 2.45) is 5.10 Å². The number of non-ortho nitro benzene ring substituents is 1. The molecule has 0 bridgehead atoms. The van der Waals surface area contributed by atoms with E-state index in [0.29, 0.717) is 22.8 Å². The number of carbonyl (C=O) groups is 1. The van der Waals surface area contributed by atoms with E-state index in [-0.39, 0.29) is 11.4 Å². The zero-order valence-electron chi connectivity index (χ0n) is 15.5. The molecule has 0 unspecified atom stereocenters. The van der Waals surface area contributed by atoms with E-state index in [1.165, 1.54) is 24.4 Å². The summed E-state index contributed by atoms with van der Waals surface area (Å²) in [6, 6.07) is 22.2. The first kappa shape index (κ1) is 18.9. The lowest BCUT2D eigenvalue weighted by molar-refractivity contribution is -0.384. The number of hydrogen-bond acceptors (Lipinski definition) is 6. The summed E-state index contributed by atoms with van der Waals surface area (Å²) >= 11 is 0. The Bertz CT molecular complexity index is 1220. The number of nitrogens with zero attached hydrogens (tertiary/aromatic N) is 2. The molecule has 4 rings (SSSR count). The van der Waals surface area contributed by atoms with Crippen molar-refractivity contribution in [3.05, 3.63) is 100 Å². The molecule has 8 heteroatoms. The maximum Gasteiger partial charge on any atom is 0.307 e. The molecule has 0 aliphatic heterocycles.